The second-order valence-electron chi connectivity index (χ2n) is 18.7. The predicted molar refractivity (Wildman–Crippen MR) is 245 cm³/mol. The summed E-state index contributed by atoms with van der Waals surface area (Å²) in [7, 11) is 0.0621. The van der Waals surface area contributed by atoms with Crippen molar-refractivity contribution in [2.45, 2.75) is 108 Å². The molecule has 0 amide bonds. The number of phenolic OH excluding ortho intramolecular Hbond substituents is 1. The van der Waals surface area contributed by atoms with Gasteiger partial charge in [0, 0.05) is 50.3 Å². The lowest BCUT2D eigenvalue weighted by Gasteiger charge is -2.40. The summed E-state index contributed by atoms with van der Waals surface area (Å²) in [4.78, 5) is 29.7. The second kappa shape index (κ2) is 17.2. The van der Waals surface area contributed by atoms with Crippen molar-refractivity contribution in [1.82, 2.24) is 25.3 Å². The van der Waals surface area contributed by atoms with Crippen LogP contribution in [-0.2, 0) is 45.5 Å². The Bertz CT molecular complexity index is 2520. The van der Waals surface area contributed by atoms with Gasteiger partial charge in [-0.15, -0.1) is 27.8 Å². The summed E-state index contributed by atoms with van der Waals surface area (Å²) >= 11 is 2.72. The molecule has 1 unspecified atom stereocenters. The molecule has 0 bridgehead atoms. The van der Waals surface area contributed by atoms with Crippen LogP contribution in [0.1, 0.15) is 84.6 Å². The number of phenols is 1. The highest BCUT2D eigenvalue weighted by Gasteiger charge is 2.46. The van der Waals surface area contributed by atoms with Crippen molar-refractivity contribution in [2.24, 2.45) is 0 Å². The molecule has 1 aliphatic heterocycles. The van der Waals surface area contributed by atoms with Gasteiger partial charge in [0.1, 0.15) is 17.4 Å². The lowest BCUT2D eigenvalue weighted by molar-refractivity contribution is -0.915. The molecule has 4 N–H and O–H groups in total. The van der Waals surface area contributed by atoms with E-state index in [0.29, 0.717) is 28.4 Å². The van der Waals surface area contributed by atoms with Crippen molar-refractivity contribution >= 4 is 58.9 Å². The normalized spacial score (nSPS) is 19.1. The molecule has 61 heavy (non-hydrogen) atoms. The number of esters is 1. The molecule has 1 aliphatic carbocycles. The number of aromatic nitrogens is 4. The number of nitrogens with zero attached hydrogens (tertiary/aromatic N) is 4. The zero-order valence-electron chi connectivity index (χ0n) is 36.1. The monoisotopic (exact) mass is 883 g/mol. The topological polar surface area (TPSA) is 152 Å². The van der Waals surface area contributed by atoms with Crippen LogP contribution < -0.4 is 10.9 Å². The Balaban J connectivity index is 0.911. The van der Waals surface area contributed by atoms with E-state index >= 15 is 0 Å². The molecule has 2 aromatic carbocycles. The van der Waals surface area contributed by atoms with Gasteiger partial charge in [-0.2, -0.15) is 0 Å². The summed E-state index contributed by atoms with van der Waals surface area (Å²) in [6.07, 6.45) is 5.04. The Labute approximate surface area is 366 Å². The number of aromatic amines is 1. The number of aromatic hydroxyl groups is 1. The van der Waals surface area contributed by atoms with Gasteiger partial charge >= 0.3 is 5.97 Å². The fraction of sp³-hybridized carbons (Fsp3) is 0.478. The lowest BCUT2D eigenvalue weighted by Crippen LogP contribution is -2.52. The zero-order valence-corrected chi connectivity index (χ0v) is 38.8. The van der Waals surface area contributed by atoms with E-state index in [1.54, 1.807) is 24.3 Å². The first-order valence-corrected chi connectivity index (χ1v) is 26.2. The Morgan fingerprint density at radius 1 is 1.05 bits per heavy atom. The maximum Gasteiger partial charge on any atom is 0.349 e. The quantitative estimate of drug-likeness (QED) is 0.0458. The van der Waals surface area contributed by atoms with E-state index in [2.05, 4.69) is 67.2 Å². The van der Waals surface area contributed by atoms with E-state index in [9.17, 15) is 19.8 Å². The molecular weight excluding hydrogens is 825 g/mol. The molecule has 0 saturated carbocycles. The number of H-pyrrole nitrogens is 1. The maximum atomic E-state index is 13.6. The molecule has 15 heteroatoms. The number of rotatable bonds is 15. The minimum atomic E-state index is -2.22. The summed E-state index contributed by atoms with van der Waals surface area (Å²) in [6, 6.07) is 16.3. The molecule has 8 rings (SSSR count). The van der Waals surface area contributed by atoms with Gasteiger partial charge in [0.05, 0.1) is 53.6 Å². The molecule has 0 spiro atoms. The van der Waals surface area contributed by atoms with Crippen LogP contribution in [0.5, 0.6) is 5.75 Å². The van der Waals surface area contributed by atoms with Crippen molar-refractivity contribution in [1.29, 1.82) is 0 Å². The Morgan fingerprint density at radius 2 is 1.75 bits per heavy atom. The third kappa shape index (κ3) is 8.75. The molecule has 5 heterocycles. The number of aryl methyl sites for hydroxylation is 2. The largest absolute Gasteiger partial charge is 0.506 e. The highest BCUT2D eigenvalue weighted by atomic mass is 32.1. The van der Waals surface area contributed by atoms with Crippen LogP contribution in [0.3, 0.4) is 0 Å². The van der Waals surface area contributed by atoms with Crippen LogP contribution in [0.15, 0.2) is 70.2 Å². The number of likely N-dealkylation sites (tertiary alicyclic amines) is 1. The number of pyridine rings is 1. The molecular formula is C46H59N6O6S2Si+. The van der Waals surface area contributed by atoms with Gasteiger partial charge in [0.15, 0.2) is 8.32 Å². The Kier molecular flexibility index (Phi) is 12.2. The number of aliphatic hydroxyl groups is 1. The van der Waals surface area contributed by atoms with E-state index in [-0.39, 0.29) is 28.6 Å². The number of nitrogens with one attached hydrogen (secondary N) is 2. The van der Waals surface area contributed by atoms with E-state index in [0.717, 1.165) is 91.2 Å². The van der Waals surface area contributed by atoms with Crippen LogP contribution in [0.25, 0.3) is 21.9 Å². The number of hydrogen-bond acceptors (Lipinski definition) is 11. The lowest BCUT2D eigenvalue weighted by atomic mass is 9.99. The van der Waals surface area contributed by atoms with Crippen molar-refractivity contribution in [3.05, 3.63) is 108 Å². The third-order valence-corrected chi connectivity index (χ3v) is 19.9. The number of hydrogen-bond donors (Lipinski definition) is 4. The molecule has 1 saturated heterocycles. The number of piperidine rings is 1. The molecule has 1 atom stereocenters. The first-order chi connectivity index (χ1) is 29.1. The fourth-order valence-electron chi connectivity index (χ4n) is 8.92. The predicted octanol–water partition coefficient (Wildman–Crippen LogP) is 7.92. The van der Waals surface area contributed by atoms with Crippen LogP contribution >= 0.6 is 22.7 Å². The second-order valence-corrected chi connectivity index (χ2v) is 25.4. The standard InChI is InChI=1S/C46H58N6O6S2Si/c1-45(2,3)61(5,6)58-38(33-15-17-37(53)42-34(33)16-18-41(54)48-42)29-47-28-30-27-36-43(35-12-7-11-32(30)35)51(50-49-36)21-10-22-52(4)23-19-31(20-24-52)57-44(55)46(56,39-13-8-25-59-39)40-14-9-26-60-40/h8-9,13-18,25-27,31,38,47,56H,7,10-12,19-24,28-29H2,1-6H3,(H-,48,49,50,53,54)/p+1. The molecule has 0 radical (unpaired) electrons. The minimum absolute atomic E-state index is 0.0131. The van der Waals surface area contributed by atoms with Gasteiger partial charge in [-0.05, 0) is 101 Å². The highest BCUT2D eigenvalue weighted by Crippen LogP contribution is 2.42. The number of quaternary nitrogens is 1. The van der Waals surface area contributed by atoms with Gasteiger partial charge in [-0.25, -0.2) is 9.48 Å². The summed E-state index contributed by atoms with van der Waals surface area (Å²) in [5.41, 5.74) is 5.37. The van der Waals surface area contributed by atoms with Gasteiger partial charge in [-0.1, -0.05) is 44.2 Å². The van der Waals surface area contributed by atoms with Crippen LogP contribution in [-0.4, -0.2) is 88.3 Å². The van der Waals surface area contributed by atoms with Crippen molar-refractivity contribution in [3.8, 4) is 5.75 Å². The van der Waals surface area contributed by atoms with Gasteiger partial charge in [0.2, 0.25) is 11.2 Å². The third-order valence-electron chi connectivity index (χ3n) is 13.5. The first-order valence-electron chi connectivity index (χ1n) is 21.5. The number of thiophene rings is 2. The zero-order chi connectivity index (χ0) is 43.2. The number of carbonyl (C=O) groups is 1. The average molecular weight is 884 g/mol. The fourth-order valence-corrected chi connectivity index (χ4v) is 11.9. The molecule has 4 aromatic heterocycles. The van der Waals surface area contributed by atoms with Crippen molar-refractivity contribution < 1.29 is 28.7 Å². The van der Waals surface area contributed by atoms with Crippen LogP contribution in [0.4, 0.5) is 0 Å². The van der Waals surface area contributed by atoms with E-state index in [4.69, 9.17) is 14.3 Å². The summed E-state index contributed by atoms with van der Waals surface area (Å²) in [5.74, 6) is -0.552. The van der Waals surface area contributed by atoms with E-state index in [1.165, 1.54) is 45.4 Å². The van der Waals surface area contributed by atoms with Gasteiger partial charge in [-0.3, -0.25) is 4.79 Å². The van der Waals surface area contributed by atoms with Gasteiger partial charge in [0.25, 0.3) is 0 Å². The first kappa shape index (κ1) is 43.4. The minimum Gasteiger partial charge on any atom is -0.506 e. The van der Waals surface area contributed by atoms with Crippen LogP contribution in [0.2, 0.25) is 18.1 Å². The molecule has 6 aromatic rings. The van der Waals surface area contributed by atoms with Crippen LogP contribution in [0, 0.1) is 0 Å². The van der Waals surface area contributed by atoms with Crippen molar-refractivity contribution in [2.75, 3.05) is 33.2 Å². The average Bonchev–Trinajstić information content (AvgIpc) is 4.07. The number of fused-ring (bicyclic) bond motifs is 4. The summed E-state index contributed by atoms with van der Waals surface area (Å²) < 4.78 is 16.1. The smallest absolute Gasteiger partial charge is 0.349 e. The van der Waals surface area contributed by atoms with E-state index < -0.39 is 19.9 Å². The van der Waals surface area contributed by atoms with Gasteiger partial charge < -0.3 is 34.2 Å². The summed E-state index contributed by atoms with van der Waals surface area (Å²) in [6.45, 7) is 15.9. The Morgan fingerprint density at radius 3 is 2.43 bits per heavy atom. The van der Waals surface area contributed by atoms with Crippen molar-refractivity contribution in [3.63, 3.8) is 0 Å². The number of ether oxygens (including phenoxy) is 1. The van der Waals surface area contributed by atoms with E-state index in [1.807, 2.05) is 29.0 Å². The highest BCUT2D eigenvalue weighted by molar-refractivity contribution is 7.12. The Hall–Kier alpha value is -4.22. The maximum absolute atomic E-state index is 13.6. The summed E-state index contributed by atoms with van der Waals surface area (Å²) in [5, 5.41) is 39.9. The SMILES string of the molecule is CC(C)(C)[Si](C)(C)OC(CNCc1cc2nnn(CCC[N+]3(C)CCC(OC(=O)C(O)(c4cccs4)c4cccs4)CC3)c2c2c1CCC2)c1ccc(O)c2[nH]c(=O)ccc12. The molecule has 12 nitrogen and oxygen atoms in total. The number of carbonyl (C=O) groups excluding carboxylic acids is 1. The molecule has 324 valence electrons. The molecule has 2 aliphatic rings. The molecule has 1 fully saturated rings. The number of benzene rings is 2.